The number of benzene rings is 1. The largest absolute Gasteiger partial charge is 0.468 e. The van der Waals surface area contributed by atoms with Gasteiger partial charge in [0.2, 0.25) is 5.82 Å². The normalized spacial score (nSPS) is 13.0. The van der Waals surface area contributed by atoms with Crippen molar-refractivity contribution in [2.24, 2.45) is 0 Å². The zero-order valence-electron chi connectivity index (χ0n) is 14.6. The van der Waals surface area contributed by atoms with Gasteiger partial charge in [-0.25, -0.2) is 9.07 Å². The van der Waals surface area contributed by atoms with Gasteiger partial charge in [-0.2, -0.15) is 39.5 Å². The first-order valence-electron chi connectivity index (χ1n) is 7.65. The maximum atomic E-state index is 14.3. The molecule has 30 heavy (non-hydrogen) atoms. The first-order chi connectivity index (χ1) is 13.5. The molecule has 0 unspecified atom stereocenters. The fourth-order valence-electron chi connectivity index (χ4n) is 2.03. The molecule has 0 saturated heterocycles. The molecule has 0 bridgehead atoms. The Kier molecular flexibility index (Phi) is 6.45. The number of ether oxygens (including phenoxy) is 1. The Labute approximate surface area is 166 Å². The zero-order chi connectivity index (χ0) is 23.1. The minimum Gasteiger partial charge on any atom is -0.468 e. The molecule has 0 amide bonds. The number of anilines is 1. The SMILES string of the molecule is Cc1cc(F)c(-n2nc(OCC(F)(F)C(F)(F)F)c(F)c2N)cc1SCC(F)(F)F. The van der Waals surface area contributed by atoms with Gasteiger partial charge in [0.25, 0.3) is 5.88 Å². The number of aryl methyl sites for hydroxylation is 1. The summed E-state index contributed by atoms with van der Waals surface area (Å²) < 4.78 is 132. The monoisotopic (exact) mass is 471 g/mol. The number of nitrogens with two attached hydrogens (primary N) is 1. The molecule has 15 heteroatoms. The van der Waals surface area contributed by atoms with Gasteiger partial charge >= 0.3 is 18.3 Å². The highest BCUT2D eigenvalue weighted by molar-refractivity contribution is 7.99. The van der Waals surface area contributed by atoms with E-state index in [2.05, 4.69) is 9.84 Å². The number of alkyl halides is 8. The van der Waals surface area contributed by atoms with Gasteiger partial charge < -0.3 is 10.5 Å². The second-order valence-corrected chi connectivity index (χ2v) is 6.90. The van der Waals surface area contributed by atoms with Crippen LogP contribution in [0.1, 0.15) is 5.56 Å². The van der Waals surface area contributed by atoms with Crippen molar-refractivity contribution in [1.82, 2.24) is 9.78 Å². The lowest BCUT2D eigenvalue weighted by molar-refractivity contribution is -0.290. The van der Waals surface area contributed by atoms with Gasteiger partial charge in [-0.1, -0.05) is 0 Å². The topological polar surface area (TPSA) is 53.1 Å². The van der Waals surface area contributed by atoms with Crippen molar-refractivity contribution in [2.75, 3.05) is 18.1 Å². The van der Waals surface area contributed by atoms with Crippen molar-refractivity contribution in [1.29, 1.82) is 0 Å². The van der Waals surface area contributed by atoms with Gasteiger partial charge in [0.15, 0.2) is 12.4 Å². The summed E-state index contributed by atoms with van der Waals surface area (Å²) >= 11 is 0.282. The predicted molar refractivity (Wildman–Crippen MR) is 85.9 cm³/mol. The summed E-state index contributed by atoms with van der Waals surface area (Å²) in [6, 6.07) is 1.64. The number of nitrogen functional groups attached to an aromatic ring is 1. The molecule has 1 aromatic heterocycles. The van der Waals surface area contributed by atoms with Gasteiger partial charge in [0, 0.05) is 4.90 Å². The van der Waals surface area contributed by atoms with Crippen LogP contribution in [0.4, 0.5) is 49.7 Å². The third kappa shape index (κ3) is 5.23. The Balaban J connectivity index is 2.37. The van der Waals surface area contributed by atoms with Crippen LogP contribution in [-0.4, -0.2) is 40.4 Å². The van der Waals surface area contributed by atoms with Gasteiger partial charge in [0.05, 0.1) is 5.75 Å². The van der Waals surface area contributed by atoms with E-state index in [0.717, 1.165) is 12.1 Å². The number of rotatable bonds is 6. The van der Waals surface area contributed by atoms with Crippen molar-refractivity contribution in [3.05, 3.63) is 29.3 Å². The average molecular weight is 471 g/mol. The van der Waals surface area contributed by atoms with E-state index >= 15 is 0 Å². The van der Waals surface area contributed by atoms with Crippen LogP contribution in [-0.2, 0) is 0 Å². The van der Waals surface area contributed by atoms with E-state index in [1.807, 2.05) is 0 Å². The fourth-order valence-corrected chi connectivity index (χ4v) is 2.83. The fraction of sp³-hybridized carbons (Fsp3) is 0.400. The molecule has 2 aromatic rings. The Morgan fingerprint density at radius 3 is 2.20 bits per heavy atom. The number of halogens is 10. The standard InChI is InChI=1S/C15H11F10N3OS/c1-6-2-7(16)8(3-9(6)30-5-14(20,21)22)28-11(26)10(17)12(27-28)29-4-13(18,19)15(23,24)25/h2-3H,4-5,26H2,1H3. The molecule has 2 N–H and O–H groups in total. The lowest BCUT2D eigenvalue weighted by Crippen LogP contribution is -2.41. The third-order valence-corrected chi connectivity index (χ3v) is 4.72. The first kappa shape index (κ1) is 24.0. The molecule has 0 aliphatic heterocycles. The van der Waals surface area contributed by atoms with E-state index in [-0.39, 0.29) is 26.9 Å². The summed E-state index contributed by atoms with van der Waals surface area (Å²) in [6.07, 6.45) is -10.5. The van der Waals surface area contributed by atoms with E-state index in [9.17, 15) is 43.9 Å². The molecule has 168 valence electrons. The van der Waals surface area contributed by atoms with Gasteiger partial charge in [0.1, 0.15) is 11.5 Å². The summed E-state index contributed by atoms with van der Waals surface area (Å²) in [5.41, 5.74) is 4.77. The number of hydrogen-bond acceptors (Lipinski definition) is 4. The smallest absolute Gasteiger partial charge is 0.456 e. The third-order valence-electron chi connectivity index (χ3n) is 3.50. The minimum atomic E-state index is -5.98. The van der Waals surface area contributed by atoms with Crippen LogP contribution in [0, 0.1) is 18.6 Å². The Morgan fingerprint density at radius 1 is 1.07 bits per heavy atom. The van der Waals surface area contributed by atoms with E-state index in [0.29, 0.717) is 0 Å². The molecule has 0 atom stereocenters. The Bertz CT molecular complexity index is 923. The molecule has 0 aliphatic carbocycles. The highest BCUT2D eigenvalue weighted by atomic mass is 32.2. The molecule has 2 rings (SSSR count). The quantitative estimate of drug-likeness (QED) is 0.461. The number of nitrogens with zero attached hydrogens (tertiary/aromatic N) is 2. The van der Waals surface area contributed by atoms with Crippen molar-refractivity contribution < 1.29 is 48.6 Å². The van der Waals surface area contributed by atoms with Crippen LogP contribution in [0.25, 0.3) is 5.69 Å². The van der Waals surface area contributed by atoms with Gasteiger partial charge in [-0.15, -0.1) is 16.9 Å². The lowest BCUT2D eigenvalue weighted by Gasteiger charge is -2.18. The second kappa shape index (κ2) is 8.07. The van der Waals surface area contributed by atoms with Crippen LogP contribution in [0.2, 0.25) is 0 Å². The van der Waals surface area contributed by atoms with E-state index in [1.54, 1.807) is 0 Å². The van der Waals surface area contributed by atoms with Crippen LogP contribution in [0.5, 0.6) is 5.88 Å². The minimum absolute atomic E-state index is 0.0786. The summed E-state index contributed by atoms with van der Waals surface area (Å²) in [7, 11) is 0. The average Bonchev–Trinajstić information content (AvgIpc) is 2.86. The summed E-state index contributed by atoms with van der Waals surface area (Å²) in [5.74, 6) is -11.8. The molecule has 0 saturated carbocycles. The van der Waals surface area contributed by atoms with Crippen LogP contribution < -0.4 is 10.5 Å². The van der Waals surface area contributed by atoms with Crippen LogP contribution >= 0.6 is 11.8 Å². The van der Waals surface area contributed by atoms with Crippen molar-refractivity contribution in [3.63, 3.8) is 0 Å². The maximum absolute atomic E-state index is 14.3. The van der Waals surface area contributed by atoms with Crippen molar-refractivity contribution in [2.45, 2.75) is 30.1 Å². The summed E-state index contributed by atoms with van der Waals surface area (Å²) in [4.78, 5) is -0.0786. The second-order valence-electron chi connectivity index (χ2n) is 5.88. The van der Waals surface area contributed by atoms with Gasteiger partial charge in [-0.05, 0) is 24.6 Å². The van der Waals surface area contributed by atoms with Crippen molar-refractivity contribution in [3.8, 4) is 11.6 Å². The van der Waals surface area contributed by atoms with Crippen molar-refractivity contribution >= 4 is 17.6 Å². The highest BCUT2D eigenvalue weighted by Crippen LogP contribution is 2.37. The van der Waals surface area contributed by atoms with E-state index < -0.39 is 59.7 Å². The summed E-state index contributed by atoms with van der Waals surface area (Å²) in [5, 5.41) is 3.23. The number of thioether (sulfide) groups is 1. The van der Waals surface area contributed by atoms with E-state index in [1.165, 1.54) is 6.92 Å². The molecule has 4 nitrogen and oxygen atoms in total. The zero-order valence-corrected chi connectivity index (χ0v) is 15.5. The number of aromatic nitrogens is 2. The molecular weight excluding hydrogens is 460 g/mol. The molecular formula is C15H11F10N3OS. The van der Waals surface area contributed by atoms with Crippen LogP contribution in [0.15, 0.2) is 17.0 Å². The van der Waals surface area contributed by atoms with Gasteiger partial charge in [-0.3, -0.25) is 0 Å². The molecule has 0 radical (unpaired) electrons. The Morgan fingerprint density at radius 2 is 1.67 bits per heavy atom. The molecule has 0 aliphatic rings. The molecule has 1 aromatic carbocycles. The number of hydrogen-bond donors (Lipinski definition) is 1. The predicted octanol–water partition coefficient (Wildman–Crippen LogP) is 5.27. The van der Waals surface area contributed by atoms with Crippen LogP contribution in [0.3, 0.4) is 0 Å². The Hall–Kier alpha value is -2.32. The lowest BCUT2D eigenvalue weighted by atomic mass is 10.2. The first-order valence-corrected chi connectivity index (χ1v) is 8.63. The van der Waals surface area contributed by atoms with E-state index in [4.69, 9.17) is 5.73 Å². The summed E-state index contributed by atoms with van der Waals surface area (Å²) in [6.45, 7) is -1.03. The maximum Gasteiger partial charge on any atom is 0.456 e. The molecule has 0 fully saturated rings. The highest BCUT2D eigenvalue weighted by Gasteiger charge is 2.58. The molecule has 1 heterocycles. The molecule has 0 spiro atoms.